The van der Waals surface area contributed by atoms with Crippen molar-refractivity contribution in [1.29, 1.82) is 0 Å². The van der Waals surface area contributed by atoms with Gasteiger partial charge in [0.25, 0.3) is 0 Å². The van der Waals surface area contributed by atoms with Crippen LogP contribution in [0.2, 0.25) is 0 Å². The van der Waals surface area contributed by atoms with Gasteiger partial charge in [-0.15, -0.1) is 0 Å². The Bertz CT molecular complexity index is 315. The lowest BCUT2D eigenvalue weighted by molar-refractivity contribution is 0.578. The van der Waals surface area contributed by atoms with Gasteiger partial charge in [0.1, 0.15) is 0 Å². The summed E-state index contributed by atoms with van der Waals surface area (Å²) in [5, 5.41) is 5.32. The number of halogens is 2. The summed E-state index contributed by atoms with van der Waals surface area (Å²) in [4.78, 5) is 3.76. The lowest BCUT2D eigenvalue weighted by Gasteiger charge is -2.08. The Labute approximate surface area is 81.5 Å². The van der Waals surface area contributed by atoms with Crippen LogP contribution in [0.15, 0.2) is 6.07 Å². The highest BCUT2D eigenvalue weighted by molar-refractivity contribution is 5.47. The highest BCUT2D eigenvalue weighted by Crippen LogP contribution is 2.18. The molecule has 14 heavy (non-hydrogen) atoms. The van der Waals surface area contributed by atoms with E-state index in [4.69, 9.17) is 0 Å². The first-order valence-electron chi connectivity index (χ1n) is 4.46. The first-order valence-corrected chi connectivity index (χ1v) is 4.46. The third-order valence-electron chi connectivity index (χ3n) is 1.71. The number of pyridine rings is 1. The number of rotatable bonds is 4. The smallest absolute Gasteiger partial charge is 0.168 e. The number of aromatic nitrogens is 1. The summed E-state index contributed by atoms with van der Waals surface area (Å²) in [5.41, 5.74) is 0. The third-order valence-corrected chi connectivity index (χ3v) is 1.71. The fourth-order valence-corrected chi connectivity index (χ4v) is 1.01. The summed E-state index contributed by atoms with van der Waals surface area (Å²) in [6.45, 7) is 2.56. The molecule has 0 aliphatic rings. The van der Waals surface area contributed by atoms with Gasteiger partial charge in [-0.25, -0.2) is 13.8 Å². The predicted molar refractivity (Wildman–Crippen MR) is 52.5 cm³/mol. The molecule has 0 bridgehead atoms. The summed E-state index contributed by atoms with van der Waals surface area (Å²) < 4.78 is 26.1. The van der Waals surface area contributed by atoms with Crippen molar-refractivity contribution in [3.63, 3.8) is 0 Å². The molecular weight excluding hydrogens is 188 g/mol. The van der Waals surface area contributed by atoms with Crippen molar-refractivity contribution < 1.29 is 8.78 Å². The zero-order valence-corrected chi connectivity index (χ0v) is 8.19. The number of nitrogens with one attached hydrogen (secondary N) is 2. The summed E-state index contributed by atoms with van der Waals surface area (Å²) in [6, 6.07) is 0.816. The summed E-state index contributed by atoms with van der Waals surface area (Å²) >= 11 is 0. The molecule has 0 saturated carbocycles. The lowest BCUT2D eigenvalue weighted by Crippen LogP contribution is -2.07. The van der Waals surface area contributed by atoms with Gasteiger partial charge in [0.15, 0.2) is 23.3 Å². The summed E-state index contributed by atoms with van der Waals surface area (Å²) in [7, 11) is 1.53. The fraction of sp³-hybridized carbons (Fsp3) is 0.444. The topological polar surface area (TPSA) is 37.0 Å². The van der Waals surface area contributed by atoms with Crippen LogP contribution in [0.4, 0.5) is 20.4 Å². The molecule has 0 radical (unpaired) electrons. The van der Waals surface area contributed by atoms with Crippen molar-refractivity contribution in [2.75, 3.05) is 24.2 Å². The Kier molecular flexibility index (Phi) is 3.62. The average molecular weight is 201 g/mol. The van der Waals surface area contributed by atoms with Crippen LogP contribution in [-0.2, 0) is 0 Å². The van der Waals surface area contributed by atoms with Crippen LogP contribution < -0.4 is 10.6 Å². The van der Waals surface area contributed by atoms with Crippen LogP contribution in [0.1, 0.15) is 13.3 Å². The molecule has 5 heteroatoms. The quantitative estimate of drug-likeness (QED) is 0.784. The van der Waals surface area contributed by atoms with Crippen LogP contribution in [0.5, 0.6) is 0 Å². The van der Waals surface area contributed by atoms with E-state index in [0.29, 0.717) is 6.54 Å². The molecule has 0 atom stereocenters. The molecule has 1 aromatic heterocycles. The molecule has 3 nitrogen and oxygen atoms in total. The Morgan fingerprint density at radius 2 is 1.93 bits per heavy atom. The van der Waals surface area contributed by atoms with E-state index < -0.39 is 11.6 Å². The molecule has 0 saturated heterocycles. The lowest BCUT2D eigenvalue weighted by atomic mass is 10.4. The van der Waals surface area contributed by atoms with Crippen molar-refractivity contribution in [2.45, 2.75) is 13.3 Å². The number of nitrogens with zero attached hydrogens (tertiary/aromatic N) is 1. The van der Waals surface area contributed by atoms with Crippen LogP contribution in [0.25, 0.3) is 0 Å². The minimum Gasteiger partial charge on any atom is -0.371 e. The SMILES string of the molecule is CCCNc1nc(NC)c(F)cc1F. The first kappa shape index (κ1) is 10.7. The second-order valence-electron chi connectivity index (χ2n) is 2.83. The maximum atomic E-state index is 13.1. The molecule has 0 amide bonds. The van der Waals surface area contributed by atoms with E-state index in [1.54, 1.807) is 0 Å². The van der Waals surface area contributed by atoms with Gasteiger partial charge < -0.3 is 10.6 Å². The average Bonchev–Trinajstić information content (AvgIpc) is 2.17. The minimum absolute atomic E-state index is 0.0463. The molecule has 0 unspecified atom stereocenters. The van der Waals surface area contributed by atoms with E-state index in [1.165, 1.54) is 7.05 Å². The maximum absolute atomic E-state index is 13.1. The molecule has 78 valence electrons. The third kappa shape index (κ3) is 2.31. The molecule has 0 aromatic carbocycles. The van der Waals surface area contributed by atoms with Gasteiger partial charge in [-0.2, -0.15) is 0 Å². The van der Waals surface area contributed by atoms with Crippen molar-refractivity contribution in [3.8, 4) is 0 Å². The first-order chi connectivity index (χ1) is 6.69. The van der Waals surface area contributed by atoms with Gasteiger partial charge in [0, 0.05) is 19.7 Å². The predicted octanol–water partition coefficient (Wildman–Crippen LogP) is 2.22. The largest absolute Gasteiger partial charge is 0.371 e. The number of anilines is 2. The Hall–Kier alpha value is -1.39. The molecule has 0 spiro atoms. The molecule has 0 aliphatic heterocycles. The van der Waals surface area contributed by atoms with Crippen molar-refractivity contribution in [2.24, 2.45) is 0 Å². The van der Waals surface area contributed by atoms with Crippen molar-refractivity contribution in [1.82, 2.24) is 4.98 Å². The highest BCUT2D eigenvalue weighted by Gasteiger charge is 2.09. The van der Waals surface area contributed by atoms with Gasteiger partial charge in [0.05, 0.1) is 0 Å². The Morgan fingerprint density at radius 1 is 1.29 bits per heavy atom. The Morgan fingerprint density at radius 3 is 2.50 bits per heavy atom. The summed E-state index contributed by atoms with van der Waals surface area (Å²) in [6.07, 6.45) is 0.855. The van der Waals surface area contributed by atoms with E-state index in [1.807, 2.05) is 6.92 Å². The summed E-state index contributed by atoms with van der Waals surface area (Å²) in [5.74, 6) is -1.23. The molecule has 1 rings (SSSR count). The van der Waals surface area contributed by atoms with Crippen LogP contribution >= 0.6 is 0 Å². The van der Waals surface area contributed by atoms with Crippen LogP contribution in [0.3, 0.4) is 0 Å². The van der Waals surface area contributed by atoms with E-state index in [2.05, 4.69) is 15.6 Å². The molecule has 1 aromatic rings. The molecular formula is C9H13F2N3. The zero-order valence-electron chi connectivity index (χ0n) is 8.19. The van der Waals surface area contributed by atoms with Gasteiger partial charge >= 0.3 is 0 Å². The normalized spacial score (nSPS) is 10.0. The zero-order chi connectivity index (χ0) is 10.6. The molecule has 0 aliphatic carbocycles. The molecule has 2 N–H and O–H groups in total. The van der Waals surface area contributed by atoms with E-state index in [0.717, 1.165) is 12.5 Å². The van der Waals surface area contributed by atoms with Crippen LogP contribution in [-0.4, -0.2) is 18.6 Å². The second-order valence-corrected chi connectivity index (χ2v) is 2.83. The maximum Gasteiger partial charge on any atom is 0.168 e. The molecule has 0 fully saturated rings. The van der Waals surface area contributed by atoms with Gasteiger partial charge in [-0.1, -0.05) is 6.92 Å². The number of hydrogen-bond donors (Lipinski definition) is 2. The van der Waals surface area contributed by atoms with E-state index >= 15 is 0 Å². The van der Waals surface area contributed by atoms with Crippen LogP contribution in [0, 0.1) is 11.6 Å². The number of hydrogen-bond acceptors (Lipinski definition) is 3. The molecule has 1 heterocycles. The van der Waals surface area contributed by atoms with E-state index in [9.17, 15) is 8.78 Å². The van der Waals surface area contributed by atoms with Crippen molar-refractivity contribution in [3.05, 3.63) is 17.7 Å². The standard InChI is InChI=1S/C9H13F2N3/c1-3-4-13-9-7(11)5-6(10)8(12-2)14-9/h5H,3-4H2,1-2H3,(H2,12,13,14). The van der Waals surface area contributed by atoms with Gasteiger partial charge in [-0.3, -0.25) is 0 Å². The fourth-order valence-electron chi connectivity index (χ4n) is 1.01. The van der Waals surface area contributed by atoms with E-state index in [-0.39, 0.29) is 11.6 Å². The van der Waals surface area contributed by atoms with Gasteiger partial charge in [-0.05, 0) is 6.42 Å². The monoisotopic (exact) mass is 201 g/mol. The minimum atomic E-state index is -0.688. The van der Waals surface area contributed by atoms with Crippen molar-refractivity contribution >= 4 is 11.6 Å². The Balaban J connectivity index is 2.92. The highest BCUT2D eigenvalue weighted by atomic mass is 19.1. The second kappa shape index (κ2) is 4.74. The van der Waals surface area contributed by atoms with Gasteiger partial charge in [0.2, 0.25) is 0 Å².